The van der Waals surface area contributed by atoms with E-state index in [9.17, 15) is 0 Å². The molecule has 0 bridgehead atoms. The number of hydrogen-bond acceptors (Lipinski definition) is 2. The van der Waals surface area contributed by atoms with Crippen LogP contribution in [-0.4, -0.2) is 25.3 Å². The fourth-order valence-electron chi connectivity index (χ4n) is 0.911. The van der Waals surface area contributed by atoms with Crippen LogP contribution in [0.3, 0.4) is 0 Å². The molecule has 64 valence electrons. The van der Waals surface area contributed by atoms with E-state index in [1.807, 2.05) is 0 Å². The third-order valence-corrected chi connectivity index (χ3v) is 1.77. The third-order valence-electron chi connectivity index (χ3n) is 1.77. The lowest BCUT2D eigenvalue weighted by molar-refractivity contribution is 0.0877. The number of rotatable bonds is 6. The van der Waals surface area contributed by atoms with Crippen molar-refractivity contribution in [2.45, 2.75) is 31.9 Å². The molecule has 1 rings (SSSR count). The summed E-state index contributed by atoms with van der Waals surface area (Å²) in [7, 11) is 0. The van der Waals surface area contributed by atoms with Gasteiger partial charge in [0.2, 0.25) is 0 Å². The van der Waals surface area contributed by atoms with Crippen molar-refractivity contribution in [3.05, 3.63) is 12.7 Å². The Morgan fingerprint density at radius 1 is 1.73 bits per heavy atom. The molecule has 2 nitrogen and oxygen atoms in total. The van der Waals surface area contributed by atoms with Gasteiger partial charge in [-0.1, -0.05) is 6.08 Å². The van der Waals surface area contributed by atoms with Crippen molar-refractivity contribution in [3.63, 3.8) is 0 Å². The summed E-state index contributed by atoms with van der Waals surface area (Å²) >= 11 is 0. The fraction of sp³-hybridized carbons (Fsp3) is 0.778. The van der Waals surface area contributed by atoms with Crippen LogP contribution in [0.15, 0.2) is 12.7 Å². The predicted octanol–water partition coefficient (Wildman–Crippen LogP) is 1.33. The summed E-state index contributed by atoms with van der Waals surface area (Å²) < 4.78 is 5.39. The maximum Gasteiger partial charge on any atom is 0.0675 e. The Hall–Kier alpha value is -0.340. The van der Waals surface area contributed by atoms with Crippen molar-refractivity contribution >= 4 is 0 Å². The standard InChI is InChI=1S/C9H17NO/c1-3-6-11-8(2)7-10-9-4-5-9/h3,8-10H,1,4-7H2,2H3. The molecule has 0 radical (unpaired) electrons. The van der Waals surface area contributed by atoms with Crippen molar-refractivity contribution in [1.82, 2.24) is 5.32 Å². The Morgan fingerprint density at radius 2 is 2.45 bits per heavy atom. The maximum atomic E-state index is 5.39. The first-order valence-electron chi connectivity index (χ1n) is 4.29. The molecule has 0 heterocycles. The normalized spacial score (nSPS) is 19.7. The van der Waals surface area contributed by atoms with Gasteiger partial charge in [-0.3, -0.25) is 0 Å². The van der Waals surface area contributed by atoms with Crippen LogP contribution in [0.25, 0.3) is 0 Å². The highest BCUT2D eigenvalue weighted by atomic mass is 16.5. The molecule has 0 aromatic rings. The Kier molecular flexibility index (Phi) is 3.60. The predicted molar refractivity (Wildman–Crippen MR) is 46.6 cm³/mol. The minimum Gasteiger partial charge on any atom is -0.373 e. The minimum absolute atomic E-state index is 0.314. The molecule has 1 aliphatic carbocycles. The average Bonchev–Trinajstić information content (AvgIpc) is 2.80. The van der Waals surface area contributed by atoms with Crippen LogP contribution in [0.2, 0.25) is 0 Å². The maximum absolute atomic E-state index is 5.39. The Morgan fingerprint density at radius 3 is 3.00 bits per heavy atom. The van der Waals surface area contributed by atoms with Gasteiger partial charge in [0.05, 0.1) is 12.7 Å². The topological polar surface area (TPSA) is 21.3 Å². The van der Waals surface area contributed by atoms with Gasteiger partial charge in [0, 0.05) is 12.6 Å². The zero-order chi connectivity index (χ0) is 8.10. The molecule has 1 unspecified atom stereocenters. The lowest BCUT2D eigenvalue weighted by Gasteiger charge is -2.11. The van der Waals surface area contributed by atoms with Gasteiger partial charge in [-0.2, -0.15) is 0 Å². The summed E-state index contributed by atoms with van der Waals surface area (Å²) in [6, 6.07) is 0.782. The highest BCUT2D eigenvalue weighted by molar-refractivity contribution is 4.81. The van der Waals surface area contributed by atoms with Crippen LogP contribution in [0.5, 0.6) is 0 Å². The summed E-state index contributed by atoms with van der Waals surface area (Å²) in [5.41, 5.74) is 0. The van der Waals surface area contributed by atoms with E-state index in [2.05, 4.69) is 18.8 Å². The van der Waals surface area contributed by atoms with Gasteiger partial charge in [-0.25, -0.2) is 0 Å². The van der Waals surface area contributed by atoms with Crippen molar-refractivity contribution in [3.8, 4) is 0 Å². The Balaban J connectivity index is 1.90. The van der Waals surface area contributed by atoms with Gasteiger partial charge < -0.3 is 10.1 Å². The lowest BCUT2D eigenvalue weighted by Crippen LogP contribution is -2.28. The minimum atomic E-state index is 0.314. The van der Waals surface area contributed by atoms with E-state index >= 15 is 0 Å². The molecule has 11 heavy (non-hydrogen) atoms. The van der Waals surface area contributed by atoms with Crippen LogP contribution >= 0.6 is 0 Å². The molecule has 0 saturated heterocycles. The third kappa shape index (κ3) is 4.17. The quantitative estimate of drug-likeness (QED) is 0.584. The van der Waals surface area contributed by atoms with E-state index in [1.54, 1.807) is 6.08 Å². The van der Waals surface area contributed by atoms with Crippen LogP contribution < -0.4 is 5.32 Å². The molecule has 1 fully saturated rings. The van der Waals surface area contributed by atoms with Crippen LogP contribution in [0.1, 0.15) is 19.8 Å². The van der Waals surface area contributed by atoms with Crippen molar-refractivity contribution < 1.29 is 4.74 Å². The molecular weight excluding hydrogens is 138 g/mol. The molecule has 1 N–H and O–H groups in total. The van der Waals surface area contributed by atoms with Gasteiger partial charge in [0.1, 0.15) is 0 Å². The van der Waals surface area contributed by atoms with Gasteiger partial charge in [-0.05, 0) is 19.8 Å². The summed E-state index contributed by atoms with van der Waals surface area (Å²) in [5.74, 6) is 0. The second kappa shape index (κ2) is 4.52. The fourth-order valence-corrected chi connectivity index (χ4v) is 0.911. The van der Waals surface area contributed by atoms with Gasteiger partial charge >= 0.3 is 0 Å². The second-order valence-corrected chi connectivity index (χ2v) is 3.12. The highest BCUT2D eigenvalue weighted by Crippen LogP contribution is 2.18. The van der Waals surface area contributed by atoms with Crippen LogP contribution in [0, 0.1) is 0 Å². The molecule has 0 aliphatic heterocycles. The van der Waals surface area contributed by atoms with E-state index in [1.165, 1.54) is 12.8 Å². The number of hydrogen-bond donors (Lipinski definition) is 1. The molecule has 1 saturated carbocycles. The Labute approximate surface area is 68.6 Å². The van der Waals surface area contributed by atoms with E-state index in [0.29, 0.717) is 12.7 Å². The summed E-state index contributed by atoms with van der Waals surface area (Å²) in [6.45, 7) is 7.31. The SMILES string of the molecule is C=CCOC(C)CNC1CC1. The number of nitrogens with one attached hydrogen (secondary N) is 1. The second-order valence-electron chi connectivity index (χ2n) is 3.12. The van der Waals surface area contributed by atoms with E-state index in [0.717, 1.165) is 12.6 Å². The zero-order valence-corrected chi connectivity index (χ0v) is 7.18. The first kappa shape index (κ1) is 8.75. The number of ether oxygens (including phenoxy) is 1. The summed E-state index contributed by atoms with van der Waals surface area (Å²) in [4.78, 5) is 0. The Bertz CT molecular complexity index is 121. The van der Waals surface area contributed by atoms with Gasteiger partial charge in [0.15, 0.2) is 0 Å². The van der Waals surface area contributed by atoms with Crippen molar-refractivity contribution in [2.75, 3.05) is 13.2 Å². The van der Waals surface area contributed by atoms with Crippen molar-refractivity contribution in [1.29, 1.82) is 0 Å². The van der Waals surface area contributed by atoms with E-state index < -0.39 is 0 Å². The molecule has 0 aromatic carbocycles. The molecule has 1 atom stereocenters. The first-order chi connectivity index (χ1) is 5.33. The zero-order valence-electron chi connectivity index (χ0n) is 7.18. The van der Waals surface area contributed by atoms with Gasteiger partial charge in [0.25, 0.3) is 0 Å². The first-order valence-corrected chi connectivity index (χ1v) is 4.29. The molecule has 1 aliphatic rings. The summed E-state index contributed by atoms with van der Waals surface area (Å²) in [5, 5.41) is 3.41. The molecule has 0 spiro atoms. The molecule has 2 heteroatoms. The van der Waals surface area contributed by atoms with Crippen LogP contribution in [0.4, 0.5) is 0 Å². The lowest BCUT2D eigenvalue weighted by atomic mass is 10.4. The molecular formula is C9H17NO. The van der Waals surface area contributed by atoms with Crippen molar-refractivity contribution in [2.24, 2.45) is 0 Å². The monoisotopic (exact) mass is 155 g/mol. The highest BCUT2D eigenvalue weighted by Gasteiger charge is 2.20. The largest absolute Gasteiger partial charge is 0.373 e. The smallest absolute Gasteiger partial charge is 0.0675 e. The van der Waals surface area contributed by atoms with E-state index in [4.69, 9.17) is 4.74 Å². The van der Waals surface area contributed by atoms with Gasteiger partial charge in [-0.15, -0.1) is 6.58 Å². The van der Waals surface area contributed by atoms with E-state index in [-0.39, 0.29) is 0 Å². The molecule has 0 amide bonds. The van der Waals surface area contributed by atoms with Crippen LogP contribution in [-0.2, 0) is 4.74 Å². The summed E-state index contributed by atoms with van der Waals surface area (Å²) in [6.07, 6.45) is 4.78. The molecule has 0 aromatic heterocycles. The average molecular weight is 155 g/mol.